The first-order valence-corrected chi connectivity index (χ1v) is 8.47. The van der Waals surface area contributed by atoms with Crippen LogP contribution in [0.25, 0.3) is 0 Å². The van der Waals surface area contributed by atoms with Gasteiger partial charge in [-0.3, -0.25) is 9.59 Å². The standard InChI is InChI=1S/C18H11BrO3S/c19-14-7-3-12(4-8-14)17(20)18(21)13-5-9-15(10-6-13)22-16-2-1-11-23-16/h1-11H. The maximum atomic E-state index is 12.3. The molecular formula is C18H11BrO3S. The maximum absolute atomic E-state index is 12.3. The average Bonchev–Trinajstić information content (AvgIpc) is 3.08. The number of hydrogen-bond donors (Lipinski definition) is 0. The number of rotatable bonds is 5. The molecule has 0 bridgehead atoms. The predicted molar refractivity (Wildman–Crippen MR) is 93.6 cm³/mol. The summed E-state index contributed by atoms with van der Waals surface area (Å²) in [6.07, 6.45) is 0. The molecule has 1 aromatic heterocycles. The minimum atomic E-state index is -0.532. The van der Waals surface area contributed by atoms with Gasteiger partial charge in [0.25, 0.3) is 0 Å². The largest absolute Gasteiger partial charge is 0.447 e. The summed E-state index contributed by atoms with van der Waals surface area (Å²) in [4.78, 5) is 24.5. The molecule has 0 aliphatic heterocycles. The quantitative estimate of drug-likeness (QED) is 0.437. The predicted octanol–water partition coefficient (Wildman–Crippen LogP) is 5.37. The SMILES string of the molecule is O=C(C(=O)c1ccc(Oc2cccs2)cc1)c1ccc(Br)cc1. The van der Waals surface area contributed by atoms with Crippen LogP contribution in [0.3, 0.4) is 0 Å². The highest BCUT2D eigenvalue weighted by molar-refractivity contribution is 9.10. The second-order valence-electron chi connectivity index (χ2n) is 4.72. The van der Waals surface area contributed by atoms with Crippen LogP contribution in [-0.4, -0.2) is 11.6 Å². The molecule has 0 amide bonds. The fraction of sp³-hybridized carbons (Fsp3) is 0. The lowest BCUT2D eigenvalue weighted by Crippen LogP contribution is -2.14. The van der Waals surface area contributed by atoms with Gasteiger partial charge in [0.2, 0.25) is 11.6 Å². The van der Waals surface area contributed by atoms with Crippen molar-refractivity contribution in [2.45, 2.75) is 0 Å². The Morgan fingerprint density at radius 3 is 1.91 bits per heavy atom. The highest BCUT2D eigenvalue weighted by Crippen LogP contribution is 2.26. The summed E-state index contributed by atoms with van der Waals surface area (Å²) in [5.74, 6) is -0.431. The fourth-order valence-corrected chi connectivity index (χ4v) is 2.83. The van der Waals surface area contributed by atoms with E-state index in [1.165, 1.54) is 11.3 Å². The molecule has 114 valence electrons. The molecule has 3 aromatic rings. The molecule has 0 aliphatic rings. The van der Waals surface area contributed by atoms with E-state index in [0.29, 0.717) is 16.9 Å². The van der Waals surface area contributed by atoms with Gasteiger partial charge in [-0.15, -0.1) is 11.3 Å². The van der Waals surface area contributed by atoms with Crippen molar-refractivity contribution in [2.24, 2.45) is 0 Å². The van der Waals surface area contributed by atoms with Crippen molar-refractivity contribution in [3.63, 3.8) is 0 Å². The molecular weight excluding hydrogens is 376 g/mol. The lowest BCUT2D eigenvalue weighted by Gasteiger charge is -2.04. The van der Waals surface area contributed by atoms with Crippen LogP contribution in [0.5, 0.6) is 10.8 Å². The van der Waals surface area contributed by atoms with Gasteiger partial charge >= 0.3 is 0 Å². The zero-order valence-electron chi connectivity index (χ0n) is 11.9. The Morgan fingerprint density at radius 2 is 1.39 bits per heavy atom. The Labute approximate surface area is 145 Å². The van der Waals surface area contributed by atoms with Gasteiger partial charge in [0, 0.05) is 15.6 Å². The van der Waals surface area contributed by atoms with Crippen molar-refractivity contribution >= 4 is 38.8 Å². The van der Waals surface area contributed by atoms with E-state index >= 15 is 0 Å². The third kappa shape index (κ3) is 3.75. The highest BCUT2D eigenvalue weighted by atomic mass is 79.9. The molecule has 2 aromatic carbocycles. The van der Waals surface area contributed by atoms with E-state index in [9.17, 15) is 9.59 Å². The van der Waals surface area contributed by atoms with E-state index in [0.717, 1.165) is 9.54 Å². The Kier molecular flexibility index (Phi) is 4.69. The first-order valence-electron chi connectivity index (χ1n) is 6.79. The number of ketones is 2. The second kappa shape index (κ2) is 6.89. The van der Waals surface area contributed by atoms with E-state index in [1.54, 1.807) is 48.5 Å². The van der Waals surface area contributed by atoms with Crippen LogP contribution in [0.15, 0.2) is 70.5 Å². The number of ether oxygens (including phenoxy) is 1. The third-order valence-electron chi connectivity index (χ3n) is 3.14. The number of thiophene rings is 1. The van der Waals surface area contributed by atoms with Crippen LogP contribution in [-0.2, 0) is 0 Å². The van der Waals surface area contributed by atoms with Crippen LogP contribution >= 0.6 is 27.3 Å². The van der Waals surface area contributed by atoms with Crippen LogP contribution in [0.2, 0.25) is 0 Å². The molecule has 1 heterocycles. The van der Waals surface area contributed by atoms with Crippen molar-refractivity contribution in [1.29, 1.82) is 0 Å². The third-order valence-corrected chi connectivity index (χ3v) is 4.42. The summed E-state index contributed by atoms with van der Waals surface area (Å²) < 4.78 is 6.49. The van der Waals surface area contributed by atoms with Gasteiger partial charge in [-0.25, -0.2) is 0 Å². The number of carbonyl (C=O) groups excluding carboxylic acids is 2. The molecule has 0 fully saturated rings. The first kappa shape index (κ1) is 15.6. The van der Waals surface area contributed by atoms with Crippen molar-refractivity contribution < 1.29 is 14.3 Å². The lowest BCUT2D eigenvalue weighted by molar-refractivity contribution is 0.0817. The van der Waals surface area contributed by atoms with Crippen LogP contribution < -0.4 is 4.74 Å². The van der Waals surface area contributed by atoms with E-state index < -0.39 is 11.6 Å². The summed E-state index contributed by atoms with van der Waals surface area (Å²) >= 11 is 4.78. The van der Waals surface area contributed by atoms with Crippen LogP contribution in [0.4, 0.5) is 0 Å². The molecule has 0 atom stereocenters. The highest BCUT2D eigenvalue weighted by Gasteiger charge is 2.18. The van der Waals surface area contributed by atoms with Gasteiger partial charge in [-0.05, 0) is 66.0 Å². The summed E-state index contributed by atoms with van der Waals surface area (Å²) in [7, 11) is 0. The normalized spacial score (nSPS) is 10.3. The molecule has 5 heteroatoms. The van der Waals surface area contributed by atoms with Gasteiger partial charge in [-0.1, -0.05) is 15.9 Å². The second-order valence-corrected chi connectivity index (χ2v) is 6.55. The van der Waals surface area contributed by atoms with E-state index in [-0.39, 0.29) is 0 Å². The van der Waals surface area contributed by atoms with Crippen LogP contribution in [0, 0.1) is 0 Å². The Hall–Kier alpha value is -2.24. The molecule has 0 spiro atoms. The van der Waals surface area contributed by atoms with Gasteiger partial charge in [0.05, 0.1) is 0 Å². The smallest absolute Gasteiger partial charge is 0.233 e. The number of Topliss-reactive ketones (excluding diaryl/α,β-unsaturated/α-hetero) is 2. The minimum absolute atomic E-state index is 0.344. The molecule has 0 saturated heterocycles. The first-order chi connectivity index (χ1) is 11.1. The fourth-order valence-electron chi connectivity index (χ4n) is 1.98. The number of benzene rings is 2. The van der Waals surface area contributed by atoms with Crippen molar-refractivity contribution in [3.8, 4) is 10.8 Å². The van der Waals surface area contributed by atoms with E-state index in [2.05, 4.69) is 15.9 Å². The lowest BCUT2D eigenvalue weighted by atomic mass is 10.0. The molecule has 0 radical (unpaired) electrons. The molecule has 0 saturated carbocycles. The molecule has 3 nitrogen and oxygen atoms in total. The minimum Gasteiger partial charge on any atom is -0.447 e. The van der Waals surface area contributed by atoms with Crippen molar-refractivity contribution in [2.75, 3.05) is 0 Å². The summed E-state index contributed by atoms with van der Waals surface area (Å²) in [6, 6.07) is 17.0. The molecule has 0 aliphatic carbocycles. The molecule has 0 N–H and O–H groups in total. The van der Waals surface area contributed by atoms with E-state index in [4.69, 9.17) is 4.74 Å². The summed E-state index contributed by atoms with van der Waals surface area (Å²) in [5, 5.41) is 2.69. The molecule has 3 rings (SSSR count). The summed E-state index contributed by atoms with van der Waals surface area (Å²) in [5.41, 5.74) is 0.716. The molecule has 23 heavy (non-hydrogen) atoms. The van der Waals surface area contributed by atoms with Gasteiger partial charge in [-0.2, -0.15) is 0 Å². The summed E-state index contributed by atoms with van der Waals surface area (Å²) in [6.45, 7) is 0. The van der Waals surface area contributed by atoms with Gasteiger partial charge in [0.15, 0.2) is 5.06 Å². The number of halogens is 1. The Balaban J connectivity index is 1.74. The maximum Gasteiger partial charge on any atom is 0.233 e. The number of carbonyl (C=O) groups is 2. The molecule has 0 unspecified atom stereocenters. The number of hydrogen-bond acceptors (Lipinski definition) is 4. The zero-order valence-corrected chi connectivity index (χ0v) is 14.3. The average molecular weight is 387 g/mol. The van der Waals surface area contributed by atoms with Crippen molar-refractivity contribution in [1.82, 2.24) is 0 Å². The van der Waals surface area contributed by atoms with Crippen LogP contribution in [0.1, 0.15) is 20.7 Å². The van der Waals surface area contributed by atoms with Crippen molar-refractivity contribution in [3.05, 3.63) is 81.6 Å². The van der Waals surface area contributed by atoms with Gasteiger partial charge in [0.1, 0.15) is 5.75 Å². The Morgan fingerprint density at radius 1 is 0.826 bits per heavy atom. The monoisotopic (exact) mass is 386 g/mol. The zero-order chi connectivity index (χ0) is 16.2. The Bertz CT molecular complexity index is 822. The van der Waals surface area contributed by atoms with Gasteiger partial charge < -0.3 is 4.74 Å². The topological polar surface area (TPSA) is 43.4 Å². The van der Waals surface area contributed by atoms with E-state index in [1.807, 2.05) is 17.5 Å².